The van der Waals surface area contributed by atoms with Crippen molar-refractivity contribution in [2.24, 2.45) is 0 Å². The fourth-order valence-electron chi connectivity index (χ4n) is 5.09. The number of methoxy groups -OCH3 is 1. The van der Waals surface area contributed by atoms with Gasteiger partial charge >= 0.3 is 0 Å². The summed E-state index contributed by atoms with van der Waals surface area (Å²) in [5, 5.41) is 14.2. The molecule has 6 rings (SSSR count). The van der Waals surface area contributed by atoms with Crippen LogP contribution in [0.1, 0.15) is 36.1 Å². The molecule has 4 heterocycles. The van der Waals surface area contributed by atoms with E-state index in [2.05, 4.69) is 32.3 Å². The van der Waals surface area contributed by atoms with Crippen LogP contribution >= 0.6 is 0 Å². The van der Waals surface area contributed by atoms with Gasteiger partial charge in [0.15, 0.2) is 0 Å². The number of nitrogens with one attached hydrogen (secondary N) is 2. The predicted octanol–water partition coefficient (Wildman–Crippen LogP) is 4.42. The molecule has 4 aromatic heterocycles. The van der Waals surface area contributed by atoms with Crippen LogP contribution in [0, 0.1) is 13.8 Å². The van der Waals surface area contributed by atoms with Crippen molar-refractivity contribution in [1.29, 1.82) is 0 Å². The molecule has 174 valence electrons. The Morgan fingerprint density at radius 2 is 2.09 bits per heavy atom. The minimum Gasteiger partial charge on any atom is -0.496 e. The van der Waals surface area contributed by atoms with E-state index >= 15 is 0 Å². The number of aromatic amines is 1. The number of benzene rings is 1. The summed E-state index contributed by atoms with van der Waals surface area (Å²) in [4.78, 5) is 12.5. The molecular weight excluding hydrogens is 432 g/mol. The largest absolute Gasteiger partial charge is 0.496 e. The van der Waals surface area contributed by atoms with E-state index in [1.807, 2.05) is 30.7 Å². The number of nitrogens with two attached hydrogens (primary N) is 1. The van der Waals surface area contributed by atoms with Gasteiger partial charge in [-0.3, -0.25) is 0 Å². The summed E-state index contributed by atoms with van der Waals surface area (Å²) in [7, 11) is 1.66. The number of hydrogen-bond donors (Lipinski definition) is 3. The Balaban J connectivity index is 1.58. The highest BCUT2D eigenvalue weighted by Crippen LogP contribution is 2.41. The Bertz CT molecular complexity index is 1560. The molecule has 34 heavy (non-hydrogen) atoms. The number of H-pyrrole nitrogens is 1. The number of nitrogen functional groups attached to an aromatic ring is 1. The third-order valence-electron chi connectivity index (χ3n) is 6.60. The SMILES string of the molecule is CCn1nc2c(c1Nc1nc(N)nc3[nH]c4cc(-c5c(C)noc5C)c(OC)cc4c13)CCC2. The topological polar surface area (TPSA) is 133 Å². The van der Waals surface area contributed by atoms with Crippen molar-refractivity contribution in [3.63, 3.8) is 0 Å². The van der Waals surface area contributed by atoms with Crippen LogP contribution in [0.15, 0.2) is 16.7 Å². The van der Waals surface area contributed by atoms with E-state index in [-0.39, 0.29) is 5.95 Å². The van der Waals surface area contributed by atoms with Crippen molar-refractivity contribution in [3.8, 4) is 16.9 Å². The molecule has 0 atom stereocenters. The molecule has 0 amide bonds. The summed E-state index contributed by atoms with van der Waals surface area (Å²) >= 11 is 0. The van der Waals surface area contributed by atoms with Crippen molar-refractivity contribution >= 4 is 39.5 Å². The lowest BCUT2D eigenvalue weighted by Crippen LogP contribution is -2.07. The molecule has 0 fully saturated rings. The minimum absolute atomic E-state index is 0.193. The monoisotopic (exact) mass is 458 g/mol. The molecule has 0 bridgehead atoms. The van der Waals surface area contributed by atoms with E-state index < -0.39 is 0 Å². The third kappa shape index (κ3) is 2.94. The number of aryl methyl sites for hydroxylation is 4. The van der Waals surface area contributed by atoms with E-state index in [0.717, 1.165) is 76.2 Å². The number of fused-ring (bicyclic) bond motifs is 4. The summed E-state index contributed by atoms with van der Waals surface area (Å²) in [6, 6.07) is 4.04. The van der Waals surface area contributed by atoms with Gasteiger partial charge in [0.25, 0.3) is 0 Å². The van der Waals surface area contributed by atoms with E-state index in [9.17, 15) is 0 Å². The van der Waals surface area contributed by atoms with Gasteiger partial charge in [-0.25, -0.2) is 4.68 Å². The number of rotatable bonds is 5. The average Bonchev–Trinajstić information content (AvgIpc) is 3.56. The third-order valence-corrected chi connectivity index (χ3v) is 6.60. The van der Waals surface area contributed by atoms with Gasteiger partial charge in [0.2, 0.25) is 5.95 Å². The number of nitrogens with zero attached hydrogens (tertiary/aromatic N) is 5. The molecule has 1 aliphatic carbocycles. The van der Waals surface area contributed by atoms with Gasteiger partial charge in [-0.05, 0) is 52.2 Å². The highest BCUT2D eigenvalue weighted by molar-refractivity contribution is 6.13. The molecule has 10 nitrogen and oxygen atoms in total. The standard InChI is InChI=1S/C24H26N8O2/c1-5-32-23(13-7-6-8-16(13)30-32)27-22-20-14-10-18(33-4)15(19-11(2)31-34-12(19)3)9-17(14)26-21(20)28-24(25)29-22/h9-10H,5-8H2,1-4H3,(H4,25,26,27,28,29). The van der Waals surface area contributed by atoms with Crippen LogP contribution in [0.3, 0.4) is 0 Å². The van der Waals surface area contributed by atoms with Gasteiger partial charge in [-0.15, -0.1) is 0 Å². The fraction of sp³-hybridized carbons (Fsp3) is 0.333. The summed E-state index contributed by atoms with van der Waals surface area (Å²) in [5.41, 5.74) is 12.7. The Morgan fingerprint density at radius 3 is 2.82 bits per heavy atom. The van der Waals surface area contributed by atoms with E-state index in [0.29, 0.717) is 17.2 Å². The van der Waals surface area contributed by atoms with Gasteiger partial charge in [-0.1, -0.05) is 5.16 Å². The van der Waals surface area contributed by atoms with Crippen LogP contribution in [-0.4, -0.2) is 37.0 Å². The minimum atomic E-state index is 0.193. The van der Waals surface area contributed by atoms with Crippen LogP contribution < -0.4 is 15.8 Å². The zero-order valence-electron chi connectivity index (χ0n) is 19.6. The highest BCUT2D eigenvalue weighted by atomic mass is 16.5. The molecule has 5 aromatic rings. The molecule has 0 saturated carbocycles. The Kier molecular flexibility index (Phi) is 4.51. The lowest BCUT2D eigenvalue weighted by molar-refractivity contribution is 0.393. The zero-order chi connectivity index (χ0) is 23.6. The van der Waals surface area contributed by atoms with Crippen molar-refractivity contribution in [2.45, 2.75) is 46.6 Å². The molecule has 1 aromatic carbocycles. The van der Waals surface area contributed by atoms with E-state index in [1.54, 1.807) is 7.11 Å². The first kappa shape index (κ1) is 20.5. The molecule has 0 radical (unpaired) electrons. The summed E-state index contributed by atoms with van der Waals surface area (Å²) in [6.07, 6.45) is 3.13. The summed E-state index contributed by atoms with van der Waals surface area (Å²) in [6.45, 7) is 6.67. The van der Waals surface area contributed by atoms with Crippen LogP contribution in [0.2, 0.25) is 0 Å². The molecule has 0 unspecified atom stereocenters. The smallest absolute Gasteiger partial charge is 0.224 e. The molecule has 0 aliphatic heterocycles. The number of aromatic nitrogens is 6. The fourth-order valence-corrected chi connectivity index (χ4v) is 5.09. The number of hydrogen-bond acceptors (Lipinski definition) is 8. The Hall–Kier alpha value is -4.08. The van der Waals surface area contributed by atoms with Crippen LogP contribution in [-0.2, 0) is 19.4 Å². The average molecular weight is 459 g/mol. The normalized spacial score (nSPS) is 13.2. The maximum Gasteiger partial charge on any atom is 0.224 e. The second kappa shape index (κ2) is 7.47. The van der Waals surface area contributed by atoms with Crippen LogP contribution in [0.25, 0.3) is 33.1 Å². The second-order valence-corrected chi connectivity index (χ2v) is 8.64. The first-order chi connectivity index (χ1) is 16.5. The molecule has 1 aliphatic rings. The van der Waals surface area contributed by atoms with Crippen molar-refractivity contribution in [3.05, 3.63) is 34.8 Å². The van der Waals surface area contributed by atoms with Gasteiger partial charge < -0.3 is 25.3 Å². The molecule has 0 saturated heterocycles. The quantitative estimate of drug-likeness (QED) is 0.352. The van der Waals surface area contributed by atoms with Crippen molar-refractivity contribution in [1.82, 2.24) is 29.9 Å². The molecular formula is C24H26N8O2. The van der Waals surface area contributed by atoms with Crippen LogP contribution in [0.5, 0.6) is 5.75 Å². The van der Waals surface area contributed by atoms with E-state index in [1.165, 1.54) is 5.56 Å². The van der Waals surface area contributed by atoms with Crippen molar-refractivity contribution in [2.75, 3.05) is 18.2 Å². The molecule has 4 N–H and O–H groups in total. The molecule has 0 spiro atoms. The number of ether oxygens (including phenoxy) is 1. The van der Waals surface area contributed by atoms with Gasteiger partial charge in [0.1, 0.15) is 28.8 Å². The van der Waals surface area contributed by atoms with Gasteiger partial charge in [0, 0.05) is 28.6 Å². The highest BCUT2D eigenvalue weighted by Gasteiger charge is 2.24. The van der Waals surface area contributed by atoms with Crippen molar-refractivity contribution < 1.29 is 9.26 Å². The van der Waals surface area contributed by atoms with E-state index in [4.69, 9.17) is 20.1 Å². The first-order valence-electron chi connectivity index (χ1n) is 11.4. The predicted molar refractivity (Wildman–Crippen MR) is 131 cm³/mol. The molecule has 10 heteroatoms. The summed E-state index contributed by atoms with van der Waals surface area (Å²) < 4.78 is 13.2. The Labute approximate surface area is 195 Å². The maximum atomic E-state index is 6.11. The Morgan fingerprint density at radius 1 is 1.24 bits per heavy atom. The second-order valence-electron chi connectivity index (χ2n) is 8.64. The lowest BCUT2D eigenvalue weighted by Gasteiger charge is -2.12. The summed E-state index contributed by atoms with van der Waals surface area (Å²) in [5.74, 6) is 3.26. The van der Waals surface area contributed by atoms with Crippen LogP contribution in [0.4, 0.5) is 17.6 Å². The maximum absolute atomic E-state index is 6.11. The first-order valence-corrected chi connectivity index (χ1v) is 11.4. The van der Waals surface area contributed by atoms with Gasteiger partial charge in [-0.2, -0.15) is 15.1 Å². The number of anilines is 3. The zero-order valence-corrected chi connectivity index (χ0v) is 19.6. The van der Waals surface area contributed by atoms with Gasteiger partial charge in [0.05, 0.1) is 29.4 Å². The lowest BCUT2D eigenvalue weighted by atomic mass is 10.0.